The van der Waals surface area contributed by atoms with Crippen molar-refractivity contribution in [3.8, 4) is 0 Å². The number of hydrogen-bond acceptors (Lipinski definition) is 3. The van der Waals surface area contributed by atoms with Gasteiger partial charge >= 0.3 is 0 Å². The number of carbonyl (C=O) groups excluding carboxylic acids is 2. The first-order chi connectivity index (χ1) is 9.54. The quantitative estimate of drug-likeness (QED) is 0.730. The average molecular weight is 286 g/mol. The molecule has 7 heteroatoms. The number of ether oxygens (including phenoxy) is 1. The van der Waals surface area contributed by atoms with E-state index in [1.807, 2.05) is 0 Å². The van der Waals surface area contributed by atoms with Crippen LogP contribution in [0.15, 0.2) is 18.2 Å². The third kappa shape index (κ3) is 5.31. The van der Waals surface area contributed by atoms with Gasteiger partial charge in [0, 0.05) is 32.7 Å². The van der Waals surface area contributed by atoms with Crippen LogP contribution >= 0.6 is 0 Å². The van der Waals surface area contributed by atoms with Gasteiger partial charge in [0.15, 0.2) is 0 Å². The maximum Gasteiger partial charge on any atom is 0.254 e. The molecule has 2 N–H and O–H groups in total. The number of nitrogens with one attached hydrogen (secondary N) is 2. The summed E-state index contributed by atoms with van der Waals surface area (Å²) in [5.41, 5.74) is -0.239. The summed E-state index contributed by atoms with van der Waals surface area (Å²) in [6.07, 6.45) is 0.233. The maximum atomic E-state index is 13.3. The molecule has 1 rings (SSSR count). The first kappa shape index (κ1) is 16.0. The molecule has 0 heterocycles. The maximum absolute atomic E-state index is 13.3. The summed E-state index contributed by atoms with van der Waals surface area (Å²) in [5.74, 6) is -2.53. The highest BCUT2D eigenvalue weighted by Crippen LogP contribution is 2.08. The SMILES string of the molecule is COCCC(=O)NCCNC(=O)c1ccc(F)cc1F. The van der Waals surface area contributed by atoms with Crippen molar-refractivity contribution in [2.75, 3.05) is 26.8 Å². The van der Waals surface area contributed by atoms with E-state index >= 15 is 0 Å². The number of carbonyl (C=O) groups is 2. The van der Waals surface area contributed by atoms with E-state index < -0.39 is 17.5 Å². The Morgan fingerprint density at radius 2 is 1.90 bits per heavy atom. The lowest BCUT2D eigenvalue weighted by molar-refractivity contribution is -0.121. The van der Waals surface area contributed by atoms with Gasteiger partial charge in [0.05, 0.1) is 12.2 Å². The van der Waals surface area contributed by atoms with Crippen molar-refractivity contribution in [1.82, 2.24) is 10.6 Å². The number of rotatable bonds is 7. The monoisotopic (exact) mass is 286 g/mol. The summed E-state index contributed by atoms with van der Waals surface area (Å²) >= 11 is 0. The van der Waals surface area contributed by atoms with Crippen molar-refractivity contribution in [3.63, 3.8) is 0 Å². The first-order valence-corrected chi connectivity index (χ1v) is 6.03. The van der Waals surface area contributed by atoms with Crippen LogP contribution in [-0.4, -0.2) is 38.6 Å². The molecule has 0 aromatic heterocycles. The van der Waals surface area contributed by atoms with Crippen LogP contribution in [0.5, 0.6) is 0 Å². The fourth-order valence-corrected chi connectivity index (χ4v) is 1.43. The van der Waals surface area contributed by atoms with E-state index in [1.54, 1.807) is 0 Å². The van der Waals surface area contributed by atoms with Gasteiger partial charge in [-0.15, -0.1) is 0 Å². The highest BCUT2D eigenvalue weighted by atomic mass is 19.1. The highest BCUT2D eigenvalue weighted by Gasteiger charge is 2.11. The molecule has 1 aromatic rings. The molecule has 1 aromatic carbocycles. The Bertz CT molecular complexity index is 481. The fraction of sp³-hybridized carbons (Fsp3) is 0.385. The molecular formula is C13H16F2N2O3. The van der Waals surface area contributed by atoms with Gasteiger partial charge < -0.3 is 15.4 Å². The lowest BCUT2D eigenvalue weighted by atomic mass is 10.2. The lowest BCUT2D eigenvalue weighted by Crippen LogP contribution is -2.35. The van der Waals surface area contributed by atoms with E-state index in [-0.39, 0.29) is 31.0 Å². The number of hydrogen-bond donors (Lipinski definition) is 2. The van der Waals surface area contributed by atoms with E-state index in [0.29, 0.717) is 12.7 Å². The average Bonchev–Trinajstić information content (AvgIpc) is 2.41. The Hall–Kier alpha value is -2.02. The minimum Gasteiger partial charge on any atom is -0.384 e. The largest absolute Gasteiger partial charge is 0.384 e. The Balaban J connectivity index is 2.31. The van der Waals surface area contributed by atoms with Crippen molar-refractivity contribution in [2.24, 2.45) is 0 Å². The van der Waals surface area contributed by atoms with Crippen molar-refractivity contribution in [2.45, 2.75) is 6.42 Å². The van der Waals surface area contributed by atoms with E-state index in [9.17, 15) is 18.4 Å². The first-order valence-electron chi connectivity index (χ1n) is 6.03. The van der Waals surface area contributed by atoms with Crippen molar-refractivity contribution >= 4 is 11.8 Å². The summed E-state index contributed by atoms with van der Waals surface area (Å²) in [6, 6.07) is 2.71. The molecule has 0 fully saturated rings. The van der Waals surface area contributed by atoms with Crippen LogP contribution in [0.25, 0.3) is 0 Å². The van der Waals surface area contributed by atoms with Gasteiger partial charge in [0.1, 0.15) is 11.6 Å². The Morgan fingerprint density at radius 3 is 2.55 bits per heavy atom. The van der Waals surface area contributed by atoms with Gasteiger partial charge in [-0.2, -0.15) is 0 Å². The van der Waals surface area contributed by atoms with Gasteiger partial charge in [-0.25, -0.2) is 8.78 Å². The van der Waals surface area contributed by atoms with Crippen LogP contribution in [0.2, 0.25) is 0 Å². The molecule has 110 valence electrons. The summed E-state index contributed by atoms with van der Waals surface area (Å²) < 4.78 is 30.7. The van der Waals surface area contributed by atoms with Crippen LogP contribution in [0, 0.1) is 11.6 Å². The zero-order valence-corrected chi connectivity index (χ0v) is 11.0. The predicted molar refractivity (Wildman–Crippen MR) is 68.2 cm³/mol. The zero-order chi connectivity index (χ0) is 15.0. The smallest absolute Gasteiger partial charge is 0.254 e. The minimum atomic E-state index is -0.924. The highest BCUT2D eigenvalue weighted by molar-refractivity contribution is 5.94. The fourth-order valence-electron chi connectivity index (χ4n) is 1.43. The number of methoxy groups -OCH3 is 1. The second-order valence-electron chi connectivity index (χ2n) is 3.97. The molecule has 0 aliphatic carbocycles. The van der Waals surface area contributed by atoms with Crippen molar-refractivity contribution in [3.05, 3.63) is 35.4 Å². The van der Waals surface area contributed by atoms with Gasteiger partial charge in [0.25, 0.3) is 5.91 Å². The van der Waals surface area contributed by atoms with Gasteiger partial charge in [-0.1, -0.05) is 0 Å². The third-order valence-corrected chi connectivity index (χ3v) is 2.44. The van der Waals surface area contributed by atoms with E-state index in [4.69, 9.17) is 4.74 Å². The molecule has 2 amide bonds. The molecule has 0 bridgehead atoms. The summed E-state index contributed by atoms with van der Waals surface area (Å²) in [7, 11) is 1.49. The summed E-state index contributed by atoms with van der Waals surface area (Å²) in [5, 5.41) is 4.98. The lowest BCUT2D eigenvalue weighted by Gasteiger charge is -2.07. The molecule has 20 heavy (non-hydrogen) atoms. The van der Waals surface area contributed by atoms with Gasteiger partial charge in [0.2, 0.25) is 5.91 Å². The standard InChI is InChI=1S/C13H16F2N2O3/c1-20-7-4-12(18)16-5-6-17-13(19)10-3-2-9(14)8-11(10)15/h2-3,8H,4-7H2,1H3,(H,16,18)(H,17,19). The Morgan fingerprint density at radius 1 is 1.20 bits per heavy atom. The predicted octanol–water partition coefficient (Wildman–Crippen LogP) is 0.847. The number of amides is 2. The topological polar surface area (TPSA) is 67.4 Å². The number of benzene rings is 1. The van der Waals surface area contributed by atoms with Crippen LogP contribution in [-0.2, 0) is 9.53 Å². The Kier molecular flexibility index (Phi) is 6.58. The summed E-state index contributed by atoms with van der Waals surface area (Å²) in [4.78, 5) is 22.8. The second-order valence-corrected chi connectivity index (χ2v) is 3.97. The van der Waals surface area contributed by atoms with Gasteiger partial charge in [-0.05, 0) is 12.1 Å². The summed E-state index contributed by atoms with van der Waals surface area (Å²) in [6.45, 7) is 0.685. The van der Waals surface area contributed by atoms with Crippen LogP contribution in [0.3, 0.4) is 0 Å². The van der Waals surface area contributed by atoms with E-state index in [2.05, 4.69) is 10.6 Å². The minimum absolute atomic E-state index is 0.147. The number of halogens is 2. The van der Waals surface area contributed by atoms with Crippen molar-refractivity contribution in [1.29, 1.82) is 0 Å². The molecular weight excluding hydrogens is 270 g/mol. The second kappa shape index (κ2) is 8.21. The molecule has 0 saturated heterocycles. The molecule has 0 saturated carbocycles. The van der Waals surface area contributed by atoms with Gasteiger partial charge in [-0.3, -0.25) is 9.59 Å². The molecule has 5 nitrogen and oxygen atoms in total. The van der Waals surface area contributed by atoms with E-state index in [1.165, 1.54) is 7.11 Å². The third-order valence-electron chi connectivity index (χ3n) is 2.44. The molecule has 0 aliphatic heterocycles. The molecule has 0 atom stereocenters. The Labute approximate surface area is 115 Å². The van der Waals surface area contributed by atoms with Crippen LogP contribution in [0.4, 0.5) is 8.78 Å². The molecule has 0 unspecified atom stereocenters. The normalized spacial score (nSPS) is 10.2. The van der Waals surface area contributed by atoms with Crippen LogP contribution in [0.1, 0.15) is 16.8 Å². The van der Waals surface area contributed by atoms with Crippen molar-refractivity contribution < 1.29 is 23.1 Å². The zero-order valence-electron chi connectivity index (χ0n) is 11.0. The molecule has 0 radical (unpaired) electrons. The van der Waals surface area contributed by atoms with E-state index in [0.717, 1.165) is 12.1 Å². The van der Waals surface area contributed by atoms with Crippen LogP contribution < -0.4 is 10.6 Å². The molecule has 0 aliphatic rings. The molecule has 0 spiro atoms.